The van der Waals surface area contributed by atoms with Crippen molar-refractivity contribution >= 4 is 37.4 Å². The Morgan fingerprint density at radius 1 is 1.07 bits per heavy atom. The van der Waals surface area contributed by atoms with E-state index >= 15 is 0 Å². The summed E-state index contributed by atoms with van der Waals surface area (Å²) in [5.74, 6) is -0.403. The number of halogens is 1. The van der Waals surface area contributed by atoms with Crippen molar-refractivity contribution in [3.8, 4) is 0 Å². The number of sulfone groups is 1. The maximum atomic E-state index is 12.4. The van der Waals surface area contributed by atoms with Gasteiger partial charge in [-0.1, -0.05) is 35.9 Å². The average molecular weight is 468 g/mol. The van der Waals surface area contributed by atoms with Crippen LogP contribution in [0.1, 0.15) is 21.9 Å². The second kappa shape index (κ2) is 8.21. The summed E-state index contributed by atoms with van der Waals surface area (Å²) < 4.78 is 51.5. The van der Waals surface area contributed by atoms with Crippen molar-refractivity contribution in [1.82, 2.24) is 14.3 Å². The van der Waals surface area contributed by atoms with Crippen molar-refractivity contribution in [3.05, 3.63) is 76.8 Å². The number of carbonyl (C=O) groups is 1. The van der Waals surface area contributed by atoms with E-state index in [0.717, 1.165) is 6.26 Å². The lowest BCUT2D eigenvalue weighted by Crippen LogP contribution is -2.30. The van der Waals surface area contributed by atoms with Gasteiger partial charge in [0.2, 0.25) is 0 Å². The Balaban J connectivity index is 1.81. The number of rotatable bonds is 6. The van der Waals surface area contributed by atoms with Gasteiger partial charge in [0.25, 0.3) is 15.9 Å². The van der Waals surface area contributed by atoms with Crippen LogP contribution in [0.15, 0.2) is 64.5 Å². The fourth-order valence-corrected chi connectivity index (χ4v) is 4.62. The van der Waals surface area contributed by atoms with Crippen LogP contribution in [0.4, 0.5) is 0 Å². The van der Waals surface area contributed by atoms with Crippen LogP contribution in [0.2, 0.25) is 5.02 Å². The summed E-state index contributed by atoms with van der Waals surface area (Å²) >= 11 is 6.21. The second-order valence-electron chi connectivity index (χ2n) is 6.57. The Bertz CT molecular complexity index is 1320. The molecule has 0 spiro atoms. The molecule has 1 N–H and O–H groups in total. The molecule has 30 heavy (non-hydrogen) atoms. The Labute approximate surface area is 179 Å². The minimum atomic E-state index is -4.02. The number of imidazole rings is 1. The number of sulfonamides is 1. The highest BCUT2D eigenvalue weighted by molar-refractivity contribution is 7.90. The zero-order valence-electron chi connectivity index (χ0n) is 16.0. The summed E-state index contributed by atoms with van der Waals surface area (Å²) in [5, 5.41) is 0.253. The molecule has 158 valence electrons. The molecule has 3 rings (SSSR count). The molecule has 0 atom stereocenters. The first kappa shape index (κ1) is 22.0. The first-order chi connectivity index (χ1) is 14.0. The van der Waals surface area contributed by atoms with Gasteiger partial charge in [-0.25, -0.2) is 26.5 Å². The SMILES string of the molecule is Cc1nc(C(=O)NS(=O)(=O)c2ccccc2)cn1Cc1ccc(S(C)(=O)=O)cc1Cl. The number of amides is 1. The van der Waals surface area contributed by atoms with Gasteiger partial charge >= 0.3 is 0 Å². The van der Waals surface area contributed by atoms with E-state index in [1.54, 1.807) is 35.8 Å². The highest BCUT2D eigenvalue weighted by atomic mass is 35.5. The normalized spacial score (nSPS) is 12.0. The van der Waals surface area contributed by atoms with Crippen LogP contribution < -0.4 is 4.72 Å². The zero-order chi connectivity index (χ0) is 22.1. The first-order valence-electron chi connectivity index (χ1n) is 8.62. The molecule has 8 nitrogen and oxygen atoms in total. The van der Waals surface area contributed by atoms with E-state index < -0.39 is 25.8 Å². The number of benzene rings is 2. The Morgan fingerprint density at radius 3 is 2.33 bits per heavy atom. The van der Waals surface area contributed by atoms with Crippen molar-refractivity contribution in [1.29, 1.82) is 0 Å². The van der Waals surface area contributed by atoms with E-state index in [1.807, 2.05) is 4.72 Å². The Morgan fingerprint density at radius 2 is 1.73 bits per heavy atom. The quantitative estimate of drug-likeness (QED) is 0.595. The molecule has 1 amide bonds. The van der Waals surface area contributed by atoms with Gasteiger partial charge in [-0.2, -0.15) is 0 Å². The second-order valence-corrected chi connectivity index (χ2v) is 10.7. The minimum Gasteiger partial charge on any atom is -0.330 e. The Kier molecular flexibility index (Phi) is 6.02. The van der Waals surface area contributed by atoms with Gasteiger partial charge in [-0.15, -0.1) is 0 Å². The van der Waals surface area contributed by atoms with Crippen LogP contribution in [-0.2, 0) is 26.4 Å². The lowest BCUT2D eigenvalue weighted by atomic mass is 10.2. The van der Waals surface area contributed by atoms with Crippen LogP contribution in [0.5, 0.6) is 0 Å². The molecule has 1 aromatic heterocycles. The molecular weight excluding hydrogens is 450 g/mol. The van der Waals surface area contributed by atoms with E-state index in [1.165, 1.54) is 30.5 Å². The molecule has 0 fully saturated rings. The topological polar surface area (TPSA) is 115 Å². The number of hydrogen-bond acceptors (Lipinski definition) is 6. The monoisotopic (exact) mass is 467 g/mol. The lowest BCUT2D eigenvalue weighted by molar-refractivity contribution is 0.0977. The van der Waals surface area contributed by atoms with Gasteiger partial charge < -0.3 is 4.57 Å². The third-order valence-electron chi connectivity index (χ3n) is 4.28. The molecule has 11 heteroatoms. The van der Waals surface area contributed by atoms with Gasteiger partial charge in [-0.05, 0) is 36.8 Å². The molecule has 0 saturated carbocycles. The zero-order valence-corrected chi connectivity index (χ0v) is 18.4. The van der Waals surface area contributed by atoms with Crippen molar-refractivity contribution in [2.45, 2.75) is 23.3 Å². The summed E-state index contributed by atoms with van der Waals surface area (Å²) in [6, 6.07) is 11.9. The third kappa shape index (κ3) is 4.89. The lowest BCUT2D eigenvalue weighted by Gasteiger charge is -2.08. The standard InChI is InChI=1S/C19H18ClN3O5S2/c1-13-21-18(19(24)22-30(27,28)15-6-4-3-5-7-15)12-23(13)11-14-8-9-16(10-17(14)20)29(2,25)26/h3-10,12H,11H2,1-2H3,(H,22,24). The number of hydrogen-bond donors (Lipinski definition) is 1. The van der Waals surface area contributed by atoms with Crippen molar-refractivity contribution in [2.75, 3.05) is 6.26 Å². The number of nitrogens with one attached hydrogen (secondary N) is 1. The highest BCUT2D eigenvalue weighted by Crippen LogP contribution is 2.22. The maximum absolute atomic E-state index is 12.4. The fourth-order valence-electron chi connectivity index (χ4n) is 2.68. The Hall–Kier alpha value is -2.69. The number of nitrogens with zero attached hydrogens (tertiary/aromatic N) is 2. The predicted molar refractivity (Wildman–Crippen MR) is 112 cm³/mol. The van der Waals surface area contributed by atoms with Crippen LogP contribution in [0.25, 0.3) is 0 Å². The summed E-state index contributed by atoms with van der Waals surface area (Å²) in [6.45, 7) is 1.88. The molecular formula is C19H18ClN3O5S2. The minimum absolute atomic E-state index is 0.0350. The van der Waals surface area contributed by atoms with Crippen LogP contribution in [0, 0.1) is 6.92 Å². The summed E-state index contributed by atoms with van der Waals surface area (Å²) in [7, 11) is -7.41. The maximum Gasteiger partial charge on any atom is 0.285 e. The van der Waals surface area contributed by atoms with E-state index in [0.29, 0.717) is 11.4 Å². The molecule has 2 aromatic carbocycles. The largest absolute Gasteiger partial charge is 0.330 e. The van der Waals surface area contributed by atoms with E-state index in [-0.39, 0.29) is 27.1 Å². The van der Waals surface area contributed by atoms with Gasteiger partial charge in [0, 0.05) is 17.5 Å². The molecule has 1 heterocycles. The van der Waals surface area contributed by atoms with Crippen LogP contribution >= 0.6 is 11.6 Å². The molecule has 0 saturated heterocycles. The average Bonchev–Trinajstić information content (AvgIpc) is 3.04. The fraction of sp³-hybridized carbons (Fsp3) is 0.158. The smallest absolute Gasteiger partial charge is 0.285 e. The summed E-state index contributed by atoms with van der Waals surface area (Å²) in [5.41, 5.74) is 0.546. The van der Waals surface area contributed by atoms with Crippen LogP contribution in [-0.4, -0.2) is 38.5 Å². The molecule has 0 aliphatic heterocycles. The van der Waals surface area contributed by atoms with Gasteiger partial charge in [0.15, 0.2) is 9.84 Å². The van der Waals surface area contributed by atoms with Gasteiger partial charge in [0.1, 0.15) is 11.5 Å². The molecule has 0 aliphatic rings. The first-order valence-corrected chi connectivity index (χ1v) is 12.4. The summed E-state index contributed by atoms with van der Waals surface area (Å²) in [6.07, 6.45) is 2.50. The number of aryl methyl sites for hydroxylation is 1. The molecule has 0 aliphatic carbocycles. The van der Waals surface area contributed by atoms with E-state index in [4.69, 9.17) is 11.6 Å². The van der Waals surface area contributed by atoms with E-state index in [9.17, 15) is 21.6 Å². The van der Waals surface area contributed by atoms with Crippen molar-refractivity contribution in [2.24, 2.45) is 0 Å². The molecule has 0 radical (unpaired) electrons. The van der Waals surface area contributed by atoms with Crippen molar-refractivity contribution < 1.29 is 21.6 Å². The molecule has 3 aromatic rings. The number of aromatic nitrogens is 2. The number of carbonyl (C=O) groups excluding carboxylic acids is 1. The van der Waals surface area contributed by atoms with Gasteiger partial charge in [0.05, 0.1) is 16.3 Å². The predicted octanol–water partition coefficient (Wildman–Crippen LogP) is 2.42. The van der Waals surface area contributed by atoms with Crippen LogP contribution in [0.3, 0.4) is 0 Å². The van der Waals surface area contributed by atoms with Crippen molar-refractivity contribution in [3.63, 3.8) is 0 Å². The highest BCUT2D eigenvalue weighted by Gasteiger charge is 2.21. The van der Waals surface area contributed by atoms with Gasteiger partial charge in [-0.3, -0.25) is 4.79 Å². The third-order valence-corrected chi connectivity index (χ3v) is 7.09. The molecule has 0 bridgehead atoms. The molecule has 0 unspecified atom stereocenters. The van der Waals surface area contributed by atoms with E-state index in [2.05, 4.69) is 4.98 Å². The summed E-state index contributed by atoms with van der Waals surface area (Å²) in [4.78, 5) is 16.6.